The maximum Gasteiger partial charge on any atom is 0.0836 e. The van der Waals surface area contributed by atoms with Gasteiger partial charge < -0.3 is 0 Å². The van der Waals surface area contributed by atoms with Gasteiger partial charge in [0.25, 0.3) is 0 Å². The van der Waals surface area contributed by atoms with Gasteiger partial charge >= 0.3 is 0 Å². The molecule has 0 saturated carbocycles. The van der Waals surface area contributed by atoms with E-state index >= 15 is 0 Å². The van der Waals surface area contributed by atoms with Crippen molar-refractivity contribution in [2.24, 2.45) is 0 Å². The van der Waals surface area contributed by atoms with E-state index in [0.717, 1.165) is 23.4 Å². The van der Waals surface area contributed by atoms with Crippen LogP contribution < -0.4 is 0 Å². The van der Waals surface area contributed by atoms with Gasteiger partial charge in [-0.1, -0.05) is 13.5 Å². The number of hydrogen-bond donors (Lipinski definition) is 0. The minimum absolute atomic E-state index is 0.877. The number of rotatable bonds is 2. The van der Waals surface area contributed by atoms with Gasteiger partial charge in [-0.15, -0.1) is 0 Å². The molecule has 1 heterocycles. The van der Waals surface area contributed by atoms with Crippen molar-refractivity contribution in [3.05, 3.63) is 30.4 Å². The molecule has 0 aliphatic heterocycles. The van der Waals surface area contributed by atoms with Crippen molar-refractivity contribution < 1.29 is 0 Å². The van der Waals surface area contributed by atoms with Gasteiger partial charge in [-0.2, -0.15) is 0 Å². The molecule has 0 aromatic carbocycles. The van der Waals surface area contributed by atoms with Gasteiger partial charge in [-0.25, -0.2) is 0 Å². The maximum absolute atomic E-state index is 4.20. The molecule has 0 N–H and O–H groups in total. The van der Waals surface area contributed by atoms with Crippen molar-refractivity contribution in [2.45, 2.75) is 20.3 Å². The molecule has 0 spiro atoms. The van der Waals surface area contributed by atoms with Gasteiger partial charge in [0, 0.05) is 6.20 Å². The summed E-state index contributed by atoms with van der Waals surface area (Å²) in [6.07, 6.45) is 4.49. The van der Waals surface area contributed by atoms with Crippen LogP contribution in [0.3, 0.4) is 0 Å². The fourth-order valence-corrected chi connectivity index (χ4v) is 0.758. The van der Waals surface area contributed by atoms with Gasteiger partial charge in [-0.05, 0) is 18.9 Å². The summed E-state index contributed by atoms with van der Waals surface area (Å²) in [6, 6.07) is 0. The van der Waals surface area contributed by atoms with Crippen molar-refractivity contribution in [3.8, 4) is 0 Å². The Bertz CT molecular complexity index is 249. The summed E-state index contributed by atoms with van der Waals surface area (Å²) in [4.78, 5) is 8.38. The van der Waals surface area contributed by atoms with Crippen molar-refractivity contribution in [1.29, 1.82) is 0 Å². The molecule has 0 radical (unpaired) electrons. The molecule has 1 rings (SSSR count). The molecule has 11 heavy (non-hydrogen) atoms. The molecular weight excluding hydrogens is 136 g/mol. The number of allylic oxidation sites excluding steroid dienone is 1. The number of aromatic nitrogens is 2. The standard InChI is InChI=1S/C9H12N2/c1-4-8-5-11-9(6-10-8)7(2)3/h5-6H,2,4H2,1,3H3. The van der Waals surface area contributed by atoms with Gasteiger partial charge in [-0.3, -0.25) is 9.97 Å². The van der Waals surface area contributed by atoms with E-state index < -0.39 is 0 Å². The molecule has 0 aliphatic rings. The van der Waals surface area contributed by atoms with E-state index in [9.17, 15) is 0 Å². The van der Waals surface area contributed by atoms with E-state index in [4.69, 9.17) is 0 Å². The Labute approximate surface area is 67.0 Å². The summed E-state index contributed by atoms with van der Waals surface area (Å²) < 4.78 is 0. The third-order valence-corrected chi connectivity index (χ3v) is 1.50. The summed E-state index contributed by atoms with van der Waals surface area (Å²) in [5.41, 5.74) is 2.86. The number of hydrogen-bond acceptors (Lipinski definition) is 2. The smallest absolute Gasteiger partial charge is 0.0836 e. The van der Waals surface area contributed by atoms with E-state index in [-0.39, 0.29) is 0 Å². The Morgan fingerprint density at radius 2 is 2.18 bits per heavy atom. The van der Waals surface area contributed by atoms with E-state index in [0.29, 0.717) is 0 Å². The van der Waals surface area contributed by atoms with Crippen LogP contribution >= 0.6 is 0 Å². The Hall–Kier alpha value is -1.18. The summed E-state index contributed by atoms with van der Waals surface area (Å²) in [5, 5.41) is 0. The average Bonchev–Trinajstić information content (AvgIpc) is 2.05. The fourth-order valence-electron chi connectivity index (χ4n) is 0.758. The molecule has 0 saturated heterocycles. The third kappa shape index (κ3) is 1.87. The summed E-state index contributed by atoms with van der Waals surface area (Å²) in [5.74, 6) is 0. The Kier molecular flexibility index (Phi) is 2.36. The Morgan fingerprint density at radius 1 is 1.45 bits per heavy atom. The van der Waals surface area contributed by atoms with Crippen LogP contribution in [0, 0.1) is 0 Å². The molecule has 1 aromatic rings. The molecule has 2 nitrogen and oxygen atoms in total. The quantitative estimate of drug-likeness (QED) is 0.641. The highest BCUT2D eigenvalue weighted by Crippen LogP contribution is 2.05. The molecule has 0 amide bonds. The average molecular weight is 148 g/mol. The lowest BCUT2D eigenvalue weighted by molar-refractivity contribution is 0.991. The van der Waals surface area contributed by atoms with E-state index in [1.54, 1.807) is 12.4 Å². The number of aryl methyl sites for hydroxylation is 1. The molecule has 2 heteroatoms. The van der Waals surface area contributed by atoms with E-state index in [2.05, 4.69) is 23.5 Å². The van der Waals surface area contributed by atoms with Crippen LogP contribution in [-0.4, -0.2) is 9.97 Å². The summed E-state index contributed by atoms with van der Waals surface area (Å²) >= 11 is 0. The van der Waals surface area contributed by atoms with Crippen LogP contribution in [0.1, 0.15) is 25.2 Å². The predicted molar refractivity (Wildman–Crippen MR) is 46.1 cm³/mol. The zero-order valence-corrected chi connectivity index (χ0v) is 6.96. The molecule has 0 fully saturated rings. The molecular formula is C9H12N2. The molecule has 1 aromatic heterocycles. The fraction of sp³-hybridized carbons (Fsp3) is 0.333. The largest absolute Gasteiger partial charge is 0.257 e. The van der Waals surface area contributed by atoms with Gasteiger partial charge in [0.05, 0.1) is 17.6 Å². The van der Waals surface area contributed by atoms with Crippen LogP contribution in [0.2, 0.25) is 0 Å². The van der Waals surface area contributed by atoms with Gasteiger partial charge in [0.1, 0.15) is 0 Å². The molecule has 58 valence electrons. The first-order chi connectivity index (χ1) is 5.24. The lowest BCUT2D eigenvalue weighted by Crippen LogP contribution is -1.91. The highest BCUT2D eigenvalue weighted by Gasteiger charge is 1.94. The lowest BCUT2D eigenvalue weighted by Gasteiger charge is -1.98. The Morgan fingerprint density at radius 3 is 2.55 bits per heavy atom. The third-order valence-electron chi connectivity index (χ3n) is 1.50. The molecule has 0 aliphatic carbocycles. The summed E-state index contributed by atoms with van der Waals surface area (Å²) in [7, 11) is 0. The van der Waals surface area contributed by atoms with Crippen molar-refractivity contribution in [3.63, 3.8) is 0 Å². The van der Waals surface area contributed by atoms with Crippen LogP contribution in [0.15, 0.2) is 19.0 Å². The second kappa shape index (κ2) is 3.28. The van der Waals surface area contributed by atoms with Gasteiger partial charge in [0.2, 0.25) is 0 Å². The zero-order valence-electron chi connectivity index (χ0n) is 6.96. The minimum Gasteiger partial charge on any atom is -0.257 e. The predicted octanol–water partition coefficient (Wildman–Crippen LogP) is 2.07. The number of nitrogens with zero attached hydrogens (tertiary/aromatic N) is 2. The second-order valence-corrected chi connectivity index (χ2v) is 2.53. The first-order valence-corrected chi connectivity index (χ1v) is 3.71. The minimum atomic E-state index is 0.877. The summed E-state index contributed by atoms with van der Waals surface area (Å²) in [6.45, 7) is 7.76. The SMILES string of the molecule is C=C(C)c1cnc(CC)cn1. The van der Waals surface area contributed by atoms with Crippen LogP contribution in [0.4, 0.5) is 0 Å². The Balaban J connectivity index is 2.91. The van der Waals surface area contributed by atoms with Crippen LogP contribution in [-0.2, 0) is 6.42 Å². The second-order valence-electron chi connectivity index (χ2n) is 2.53. The maximum atomic E-state index is 4.20. The van der Waals surface area contributed by atoms with Crippen LogP contribution in [0.25, 0.3) is 5.57 Å². The van der Waals surface area contributed by atoms with Crippen molar-refractivity contribution in [1.82, 2.24) is 9.97 Å². The highest BCUT2D eigenvalue weighted by molar-refractivity contribution is 5.56. The molecule has 0 unspecified atom stereocenters. The van der Waals surface area contributed by atoms with E-state index in [1.807, 2.05) is 6.92 Å². The first-order valence-electron chi connectivity index (χ1n) is 3.71. The highest BCUT2D eigenvalue weighted by atomic mass is 14.8. The topological polar surface area (TPSA) is 25.8 Å². The molecule has 0 bridgehead atoms. The van der Waals surface area contributed by atoms with Crippen LogP contribution in [0.5, 0.6) is 0 Å². The lowest BCUT2D eigenvalue weighted by atomic mass is 10.2. The zero-order chi connectivity index (χ0) is 8.27. The van der Waals surface area contributed by atoms with Gasteiger partial charge in [0.15, 0.2) is 0 Å². The monoisotopic (exact) mass is 148 g/mol. The van der Waals surface area contributed by atoms with Crippen molar-refractivity contribution in [2.75, 3.05) is 0 Å². The van der Waals surface area contributed by atoms with Crippen molar-refractivity contribution >= 4 is 5.57 Å². The molecule has 0 atom stereocenters. The van der Waals surface area contributed by atoms with E-state index in [1.165, 1.54) is 0 Å². The normalized spacial score (nSPS) is 9.64. The first kappa shape index (κ1) is 7.92.